The van der Waals surface area contributed by atoms with Crippen LogP contribution in [0.5, 0.6) is 0 Å². The van der Waals surface area contributed by atoms with Crippen molar-refractivity contribution in [1.82, 2.24) is 9.62 Å². The number of hydrogen-bond donors (Lipinski definition) is 1. The molecule has 5 nitrogen and oxygen atoms in total. The molecule has 0 aliphatic heterocycles. The number of nitrogens with one attached hydrogen (secondary N) is 1. The zero-order valence-corrected chi connectivity index (χ0v) is 17.0. The molecule has 0 aliphatic rings. The maximum atomic E-state index is 13.8. The Morgan fingerprint density at radius 3 is 2.37 bits per heavy atom. The molecule has 1 N–H and O–H groups in total. The number of rotatable bonds is 5. The number of nitrogens with zero attached hydrogens (tertiary/aromatic N) is 1. The summed E-state index contributed by atoms with van der Waals surface area (Å²) in [7, 11) is -2.20. The fourth-order valence-electron chi connectivity index (χ4n) is 2.62. The van der Waals surface area contributed by atoms with Gasteiger partial charge in [0.05, 0.1) is 4.90 Å². The molecule has 0 atom stereocenters. The molecule has 27 heavy (non-hydrogen) atoms. The first-order valence-electron chi connectivity index (χ1n) is 8.54. The van der Waals surface area contributed by atoms with E-state index < -0.39 is 15.6 Å². The molecule has 0 saturated carbocycles. The van der Waals surface area contributed by atoms with Crippen LogP contribution in [0.1, 0.15) is 42.3 Å². The fourth-order valence-corrected chi connectivity index (χ4v) is 4.06. The van der Waals surface area contributed by atoms with Crippen molar-refractivity contribution in [3.8, 4) is 0 Å². The zero-order chi connectivity index (χ0) is 20.4. The van der Waals surface area contributed by atoms with Crippen LogP contribution >= 0.6 is 0 Å². The Morgan fingerprint density at radius 1 is 1.15 bits per heavy atom. The van der Waals surface area contributed by atoms with Crippen molar-refractivity contribution in [1.29, 1.82) is 0 Å². The van der Waals surface area contributed by atoms with Crippen LogP contribution in [-0.2, 0) is 16.6 Å². The van der Waals surface area contributed by atoms with E-state index in [2.05, 4.69) is 4.72 Å². The van der Waals surface area contributed by atoms with Gasteiger partial charge in [0, 0.05) is 30.3 Å². The average molecular weight is 392 g/mol. The lowest BCUT2D eigenvalue weighted by atomic mass is 10.1. The third-order valence-corrected chi connectivity index (χ3v) is 5.66. The normalized spacial score (nSPS) is 12.1. The number of hydrogen-bond acceptors (Lipinski definition) is 3. The Kier molecular flexibility index (Phi) is 6.07. The number of amides is 1. The summed E-state index contributed by atoms with van der Waals surface area (Å²) in [4.78, 5) is 14.2. The molecule has 0 aromatic heterocycles. The number of aryl methyl sites for hydroxylation is 1. The molecule has 0 unspecified atom stereocenters. The molecule has 0 aliphatic carbocycles. The standard InChI is InChI=1S/C20H25FN2O3S/c1-14-10-11-16(27(25,26)22-20(2,3)4)12-17(14)19(24)23(5)13-15-8-6-7-9-18(15)21/h6-12,22H,13H2,1-5H3. The zero-order valence-electron chi connectivity index (χ0n) is 16.2. The van der Waals surface area contributed by atoms with Crippen LogP contribution in [0.4, 0.5) is 4.39 Å². The van der Waals surface area contributed by atoms with Crippen LogP contribution in [0, 0.1) is 12.7 Å². The molecule has 2 rings (SSSR count). The van der Waals surface area contributed by atoms with Gasteiger partial charge in [-0.3, -0.25) is 4.79 Å². The summed E-state index contributed by atoms with van der Waals surface area (Å²) in [5.41, 5.74) is 0.667. The SMILES string of the molecule is Cc1ccc(S(=O)(=O)NC(C)(C)C)cc1C(=O)N(C)Cc1ccccc1F. The van der Waals surface area contributed by atoms with Gasteiger partial charge < -0.3 is 4.90 Å². The van der Waals surface area contributed by atoms with Crippen LogP contribution in [0.2, 0.25) is 0 Å². The van der Waals surface area contributed by atoms with E-state index in [0.29, 0.717) is 11.1 Å². The van der Waals surface area contributed by atoms with E-state index in [4.69, 9.17) is 0 Å². The largest absolute Gasteiger partial charge is 0.337 e. The average Bonchev–Trinajstić information content (AvgIpc) is 2.54. The van der Waals surface area contributed by atoms with Crippen molar-refractivity contribution in [2.75, 3.05) is 7.05 Å². The third-order valence-electron chi connectivity index (χ3n) is 3.90. The van der Waals surface area contributed by atoms with E-state index in [-0.39, 0.29) is 28.7 Å². The lowest BCUT2D eigenvalue weighted by molar-refractivity contribution is 0.0783. The molecule has 2 aromatic rings. The lowest BCUT2D eigenvalue weighted by Gasteiger charge is -2.22. The summed E-state index contributed by atoms with van der Waals surface area (Å²) >= 11 is 0. The van der Waals surface area contributed by atoms with E-state index in [1.807, 2.05) is 0 Å². The minimum atomic E-state index is -3.76. The Bertz CT molecular complexity index is 950. The first-order chi connectivity index (χ1) is 12.4. The maximum absolute atomic E-state index is 13.8. The molecular weight excluding hydrogens is 367 g/mol. The molecule has 7 heteroatoms. The topological polar surface area (TPSA) is 66.5 Å². The first kappa shape index (κ1) is 21.1. The van der Waals surface area contributed by atoms with E-state index in [1.54, 1.807) is 59.0 Å². The Balaban J connectivity index is 2.32. The van der Waals surface area contributed by atoms with Gasteiger partial charge in [0.15, 0.2) is 0 Å². The van der Waals surface area contributed by atoms with Crippen LogP contribution in [-0.4, -0.2) is 31.8 Å². The maximum Gasteiger partial charge on any atom is 0.254 e. The molecule has 1 amide bonds. The van der Waals surface area contributed by atoms with Gasteiger partial charge in [-0.05, 0) is 51.5 Å². The Hall–Kier alpha value is -2.25. The molecule has 146 valence electrons. The van der Waals surface area contributed by atoms with Crippen molar-refractivity contribution >= 4 is 15.9 Å². The molecular formula is C20H25FN2O3S. The molecule has 0 bridgehead atoms. The van der Waals surface area contributed by atoms with Gasteiger partial charge in [-0.1, -0.05) is 24.3 Å². The van der Waals surface area contributed by atoms with Crippen molar-refractivity contribution in [2.24, 2.45) is 0 Å². The minimum Gasteiger partial charge on any atom is -0.337 e. The molecule has 0 radical (unpaired) electrons. The van der Waals surface area contributed by atoms with Crippen molar-refractivity contribution in [3.63, 3.8) is 0 Å². The Labute approximate surface area is 160 Å². The van der Waals surface area contributed by atoms with Gasteiger partial charge in [0.1, 0.15) is 5.82 Å². The Morgan fingerprint density at radius 2 is 1.78 bits per heavy atom. The lowest BCUT2D eigenvalue weighted by Crippen LogP contribution is -2.40. The smallest absolute Gasteiger partial charge is 0.254 e. The summed E-state index contributed by atoms with van der Waals surface area (Å²) in [5.74, 6) is -0.761. The second-order valence-corrected chi connectivity index (χ2v) is 9.27. The van der Waals surface area contributed by atoms with E-state index >= 15 is 0 Å². The summed E-state index contributed by atoms with van der Waals surface area (Å²) < 4.78 is 41.5. The van der Waals surface area contributed by atoms with Gasteiger partial charge >= 0.3 is 0 Å². The highest BCUT2D eigenvalue weighted by Gasteiger charge is 2.24. The van der Waals surface area contributed by atoms with Gasteiger partial charge in [-0.25, -0.2) is 17.5 Å². The first-order valence-corrected chi connectivity index (χ1v) is 10.0. The van der Waals surface area contributed by atoms with Crippen LogP contribution < -0.4 is 4.72 Å². The van der Waals surface area contributed by atoms with Crippen molar-refractivity contribution < 1.29 is 17.6 Å². The van der Waals surface area contributed by atoms with Gasteiger partial charge in [-0.2, -0.15) is 0 Å². The van der Waals surface area contributed by atoms with Gasteiger partial charge in [0.25, 0.3) is 5.91 Å². The summed E-state index contributed by atoms with van der Waals surface area (Å²) in [6, 6.07) is 10.7. The van der Waals surface area contributed by atoms with Crippen LogP contribution in [0.15, 0.2) is 47.4 Å². The van der Waals surface area contributed by atoms with Crippen LogP contribution in [0.25, 0.3) is 0 Å². The molecule has 0 heterocycles. The summed E-state index contributed by atoms with van der Waals surface area (Å²) in [6.45, 7) is 7.05. The number of carbonyl (C=O) groups is 1. The second kappa shape index (κ2) is 7.78. The van der Waals surface area contributed by atoms with Crippen molar-refractivity contribution in [3.05, 3.63) is 65.0 Å². The van der Waals surface area contributed by atoms with Crippen molar-refractivity contribution in [2.45, 2.75) is 44.7 Å². The molecule has 2 aromatic carbocycles. The van der Waals surface area contributed by atoms with E-state index in [0.717, 1.165) is 0 Å². The highest BCUT2D eigenvalue weighted by molar-refractivity contribution is 7.89. The highest BCUT2D eigenvalue weighted by Crippen LogP contribution is 2.20. The van der Waals surface area contributed by atoms with Gasteiger partial charge in [0.2, 0.25) is 10.0 Å². The number of benzene rings is 2. The second-order valence-electron chi connectivity index (χ2n) is 7.58. The van der Waals surface area contributed by atoms with Gasteiger partial charge in [-0.15, -0.1) is 0 Å². The summed E-state index contributed by atoms with van der Waals surface area (Å²) in [5, 5.41) is 0. The van der Waals surface area contributed by atoms with E-state index in [1.165, 1.54) is 23.1 Å². The molecule has 0 fully saturated rings. The van der Waals surface area contributed by atoms with E-state index in [9.17, 15) is 17.6 Å². The molecule has 0 saturated heterocycles. The quantitative estimate of drug-likeness (QED) is 0.847. The highest BCUT2D eigenvalue weighted by atomic mass is 32.2. The monoisotopic (exact) mass is 392 g/mol. The minimum absolute atomic E-state index is 0.0191. The summed E-state index contributed by atoms with van der Waals surface area (Å²) in [6.07, 6.45) is 0. The third kappa shape index (κ3) is 5.37. The predicted molar refractivity (Wildman–Crippen MR) is 103 cm³/mol. The predicted octanol–water partition coefficient (Wildman–Crippen LogP) is 3.48. The number of sulfonamides is 1. The fraction of sp³-hybridized carbons (Fsp3) is 0.350. The number of carbonyl (C=O) groups excluding carboxylic acids is 1. The molecule has 0 spiro atoms. The number of halogens is 1. The van der Waals surface area contributed by atoms with Crippen LogP contribution in [0.3, 0.4) is 0 Å².